The summed E-state index contributed by atoms with van der Waals surface area (Å²) in [5, 5.41) is 1.73. The number of nitrogens with one attached hydrogen (secondary N) is 1. The van der Waals surface area contributed by atoms with Crippen LogP contribution >= 0.6 is 11.8 Å². The van der Waals surface area contributed by atoms with Gasteiger partial charge in [-0.05, 0) is 12.3 Å². The third-order valence-electron chi connectivity index (χ3n) is 1.84. The average Bonchev–Trinajstić information content (AvgIpc) is 2.11. The molecule has 7 heteroatoms. The summed E-state index contributed by atoms with van der Waals surface area (Å²) in [4.78, 5) is 21.5. The van der Waals surface area contributed by atoms with Gasteiger partial charge in [0.1, 0.15) is 0 Å². The van der Waals surface area contributed by atoms with Crippen LogP contribution in [0.4, 0.5) is 13.2 Å². The van der Waals surface area contributed by atoms with Crippen LogP contribution < -0.4 is 5.32 Å². The number of hydrogen-bond donors (Lipinski definition) is 1. The van der Waals surface area contributed by atoms with Gasteiger partial charge in [0.05, 0.1) is 0 Å². The Morgan fingerprint density at radius 1 is 1.29 bits per heavy atom. The van der Waals surface area contributed by atoms with Crippen molar-refractivity contribution in [3.05, 3.63) is 0 Å². The molecular formula is C10H16F3NO2S. The molecule has 0 aliphatic heterocycles. The van der Waals surface area contributed by atoms with Crippen LogP contribution in [0.5, 0.6) is 0 Å². The van der Waals surface area contributed by atoms with Crippen LogP contribution in [0.25, 0.3) is 0 Å². The highest BCUT2D eigenvalue weighted by atomic mass is 32.2. The predicted molar refractivity (Wildman–Crippen MR) is 60.6 cm³/mol. The number of rotatable bonds is 5. The van der Waals surface area contributed by atoms with Crippen molar-refractivity contribution in [3.8, 4) is 0 Å². The maximum atomic E-state index is 12.1. The van der Waals surface area contributed by atoms with Crippen LogP contribution in [0.2, 0.25) is 0 Å². The molecule has 0 radical (unpaired) electrons. The SMILES string of the molecule is CC(=O)SC[C@H](CC(C)C)NC(=O)C(F)(F)F. The van der Waals surface area contributed by atoms with Gasteiger partial charge in [0.15, 0.2) is 5.12 Å². The summed E-state index contributed by atoms with van der Waals surface area (Å²) in [6, 6.07) is -0.641. The molecule has 0 aliphatic rings. The zero-order valence-electron chi connectivity index (χ0n) is 9.93. The second kappa shape index (κ2) is 6.88. The molecule has 0 aromatic rings. The molecule has 17 heavy (non-hydrogen) atoms. The molecule has 0 spiro atoms. The highest BCUT2D eigenvalue weighted by molar-refractivity contribution is 8.13. The number of hydrogen-bond acceptors (Lipinski definition) is 3. The minimum absolute atomic E-state index is 0.140. The Bertz CT molecular complexity index is 279. The highest BCUT2D eigenvalue weighted by Crippen LogP contribution is 2.17. The molecule has 3 nitrogen and oxygen atoms in total. The first-order valence-corrected chi connectivity index (χ1v) is 6.12. The molecule has 0 saturated heterocycles. The van der Waals surface area contributed by atoms with E-state index in [9.17, 15) is 22.8 Å². The molecule has 0 aromatic carbocycles. The van der Waals surface area contributed by atoms with Crippen molar-refractivity contribution >= 4 is 22.8 Å². The van der Waals surface area contributed by atoms with E-state index in [0.29, 0.717) is 6.42 Å². The smallest absolute Gasteiger partial charge is 0.345 e. The Balaban J connectivity index is 4.38. The van der Waals surface area contributed by atoms with Crippen molar-refractivity contribution in [2.24, 2.45) is 5.92 Å². The Morgan fingerprint density at radius 3 is 2.18 bits per heavy atom. The molecule has 1 amide bonds. The molecular weight excluding hydrogens is 255 g/mol. The van der Waals surface area contributed by atoms with Gasteiger partial charge >= 0.3 is 12.1 Å². The summed E-state index contributed by atoms with van der Waals surface area (Å²) in [7, 11) is 0. The van der Waals surface area contributed by atoms with Crippen LogP contribution in [0.1, 0.15) is 27.2 Å². The fourth-order valence-corrected chi connectivity index (χ4v) is 1.88. The van der Waals surface area contributed by atoms with Crippen LogP contribution in [0, 0.1) is 5.92 Å². The van der Waals surface area contributed by atoms with E-state index in [4.69, 9.17) is 0 Å². The molecule has 0 fully saturated rings. The largest absolute Gasteiger partial charge is 0.471 e. The lowest BCUT2D eigenvalue weighted by atomic mass is 10.1. The fraction of sp³-hybridized carbons (Fsp3) is 0.800. The van der Waals surface area contributed by atoms with Gasteiger partial charge in [-0.3, -0.25) is 9.59 Å². The van der Waals surface area contributed by atoms with Crippen molar-refractivity contribution in [2.75, 3.05) is 5.75 Å². The van der Waals surface area contributed by atoms with E-state index in [1.54, 1.807) is 0 Å². The van der Waals surface area contributed by atoms with E-state index in [1.807, 2.05) is 19.2 Å². The molecule has 1 N–H and O–H groups in total. The van der Waals surface area contributed by atoms with Crippen molar-refractivity contribution in [2.45, 2.75) is 39.4 Å². The van der Waals surface area contributed by atoms with E-state index in [1.165, 1.54) is 6.92 Å². The second-order valence-corrected chi connectivity index (χ2v) is 5.30. The Hall–Kier alpha value is -0.720. The van der Waals surface area contributed by atoms with Gasteiger partial charge in [-0.15, -0.1) is 0 Å². The zero-order valence-corrected chi connectivity index (χ0v) is 10.7. The van der Waals surface area contributed by atoms with Gasteiger partial charge in [-0.1, -0.05) is 25.6 Å². The van der Waals surface area contributed by atoms with Crippen LogP contribution in [0.3, 0.4) is 0 Å². The summed E-state index contributed by atoms with van der Waals surface area (Å²) in [6.45, 7) is 5.01. The van der Waals surface area contributed by atoms with Crippen LogP contribution in [-0.2, 0) is 9.59 Å². The maximum absolute atomic E-state index is 12.1. The van der Waals surface area contributed by atoms with Crippen LogP contribution in [0.15, 0.2) is 0 Å². The summed E-state index contributed by atoms with van der Waals surface area (Å²) in [6.07, 6.45) is -4.47. The summed E-state index contributed by atoms with van der Waals surface area (Å²) in [5.74, 6) is -1.65. The number of carbonyl (C=O) groups is 2. The lowest BCUT2D eigenvalue weighted by Gasteiger charge is -2.20. The summed E-state index contributed by atoms with van der Waals surface area (Å²) < 4.78 is 36.2. The quantitative estimate of drug-likeness (QED) is 0.835. The van der Waals surface area contributed by atoms with E-state index in [2.05, 4.69) is 0 Å². The average molecular weight is 271 g/mol. The molecule has 1 atom stereocenters. The van der Waals surface area contributed by atoms with Gasteiger partial charge in [-0.2, -0.15) is 13.2 Å². The predicted octanol–water partition coefficient (Wildman–Crippen LogP) is 2.36. The van der Waals surface area contributed by atoms with E-state index in [-0.39, 0.29) is 16.8 Å². The number of thioether (sulfide) groups is 1. The number of amides is 1. The zero-order chi connectivity index (χ0) is 13.6. The third-order valence-corrected chi connectivity index (χ3v) is 2.81. The Morgan fingerprint density at radius 2 is 1.82 bits per heavy atom. The highest BCUT2D eigenvalue weighted by Gasteiger charge is 2.39. The van der Waals surface area contributed by atoms with Crippen molar-refractivity contribution in [1.29, 1.82) is 0 Å². The molecule has 0 saturated carbocycles. The molecule has 0 heterocycles. The maximum Gasteiger partial charge on any atom is 0.471 e. The van der Waals surface area contributed by atoms with E-state index >= 15 is 0 Å². The first-order valence-electron chi connectivity index (χ1n) is 5.14. The van der Waals surface area contributed by atoms with Gasteiger partial charge in [-0.25, -0.2) is 0 Å². The number of alkyl halides is 3. The van der Waals surface area contributed by atoms with E-state index < -0.39 is 18.1 Å². The minimum Gasteiger partial charge on any atom is -0.345 e. The Kier molecular flexibility index (Phi) is 6.59. The number of carbonyl (C=O) groups excluding carboxylic acids is 2. The van der Waals surface area contributed by atoms with Gasteiger partial charge < -0.3 is 5.32 Å². The lowest BCUT2D eigenvalue weighted by Crippen LogP contribution is -2.44. The van der Waals surface area contributed by atoms with E-state index in [0.717, 1.165) is 11.8 Å². The molecule has 0 bridgehead atoms. The number of halogens is 3. The van der Waals surface area contributed by atoms with Crippen molar-refractivity contribution in [3.63, 3.8) is 0 Å². The molecule has 0 rings (SSSR count). The minimum atomic E-state index is -4.88. The summed E-state index contributed by atoms with van der Waals surface area (Å²) in [5.41, 5.74) is 0. The molecule has 0 aromatic heterocycles. The fourth-order valence-electron chi connectivity index (χ4n) is 1.22. The molecule has 100 valence electrons. The van der Waals surface area contributed by atoms with Crippen molar-refractivity contribution in [1.82, 2.24) is 5.32 Å². The normalized spacial score (nSPS) is 13.6. The van der Waals surface area contributed by atoms with Crippen molar-refractivity contribution < 1.29 is 22.8 Å². The van der Waals surface area contributed by atoms with Crippen LogP contribution in [-0.4, -0.2) is 29.0 Å². The first-order chi connectivity index (χ1) is 7.62. The molecule has 0 aliphatic carbocycles. The topological polar surface area (TPSA) is 46.2 Å². The Labute approximate surface area is 103 Å². The van der Waals surface area contributed by atoms with Gasteiger partial charge in [0.25, 0.3) is 0 Å². The van der Waals surface area contributed by atoms with Gasteiger partial charge in [0, 0.05) is 18.7 Å². The van der Waals surface area contributed by atoms with Gasteiger partial charge in [0.2, 0.25) is 0 Å². The second-order valence-electron chi connectivity index (χ2n) is 4.10. The third kappa shape index (κ3) is 8.06. The first kappa shape index (κ1) is 16.3. The standard InChI is InChI=1S/C10H16F3NO2S/c1-6(2)4-8(5-17-7(3)15)14-9(16)10(11,12)13/h6,8H,4-5H2,1-3H3,(H,14,16)/t8-/m0/s1. The lowest BCUT2D eigenvalue weighted by molar-refractivity contribution is -0.174. The monoisotopic (exact) mass is 271 g/mol. The summed E-state index contributed by atoms with van der Waals surface area (Å²) >= 11 is 0.913. The molecule has 0 unspecified atom stereocenters.